The van der Waals surface area contributed by atoms with Crippen molar-refractivity contribution in [2.75, 3.05) is 20.2 Å². The molecule has 0 spiro atoms. The van der Waals surface area contributed by atoms with Gasteiger partial charge in [-0.3, -0.25) is 0 Å². The van der Waals surface area contributed by atoms with E-state index in [1.54, 1.807) is 7.11 Å². The van der Waals surface area contributed by atoms with Gasteiger partial charge < -0.3 is 10.1 Å². The molecule has 18 heavy (non-hydrogen) atoms. The predicted molar refractivity (Wildman–Crippen MR) is 68.6 cm³/mol. The first-order valence-corrected chi connectivity index (χ1v) is 6.14. The van der Waals surface area contributed by atoms with Crippen LogP contribution in [0.4, 0.5) is 8.78 Å². The molecule has 0 amide bonds. The molecule has 0 aromatic heterocycles. The Bertz CT molecular complexity index is 360. The topological polar surface area (TPSA) is 21.3 Å². The monoisotopic (exact) mass is 257 g/mol. The van der Waals surface area contributed by atoms with Gasteiger partial charge >= 0.3 is 0 Å². The Labute approximate surface area is 107 Å². The van der Waals surface area contributed by atoms with Crippen molar-refractivity contribution in [2.24, 2.45) is 0 Å². The molecule has 0 aliphatic heterocycles. The Kier molecular flexibility index (Phi) is 5.69. The minimum Gasteiger partial charge on any atom is -0.379 e. The predicted octanol–water partition coefficient (Wildman–Crippen LogP) is 2.91. The van der Waals surface area contributed by atoms with Gasteiger partial charge in [0.15, 0.2) is 0 Å². The summed E-state index contributed by atoms with van der Waals surface area (Å²) < 4.78 is 31.2. The van der Waals surface area contributed by atoms with E-state index in [2.05, 4.69) is 5.32 Å². The zero-order valence-corrected chi connectivity index (χ0v) is 11.2. The van der Waals surface area contributed by atoms with Gasteiger partial charge in [0, 0.05) is 13.2 Å². The molecule has 2 nitrogen and oxygen atoms in total. The molecular formula is C14H21F2NO. The number of ether oxygens (including phenoxy) is 1. The fourth-order valence-electron chi connectivity index (χ4n) is 1.60. The number of benzene rings is 1. The van der Waals surface area contributed by atoms with E-state index >= 15 is 0 Å². The molecule has 1 aromatic carbocycles. The zero-order chi connectivity index (χ0) is 13.6. The molecule has 0 fully saturated rings. The van der Waals surface area contributed by atoms with E-state index in [0.717, 1.165) is 19.0 Å². The van der Waals surface area contributed by atoms with Gasteiger partial charge in [-0.05, 0) is 57.5 Å². The Hall–Kier alpha value is -1.00. The molecule has 0 unspecified atom stereocenters. The Balaban J connectivity index is 2.26. The number of nitrogens with one attached hydrogen (secondary N) is 1. The second kappa shape index (κ2) is 6.81. The third-order valence-electron chi connectivity index (χ3n) is 2.97. The summed E-state index contributed by atoms with van der Waals surface area (Å²) in [5.74, 6) is -1.05. The van der Waals surface area contributed by atoms with Crippen molar-refractivity contribution in [1.29, 1.82) is 0 Å². The first-order chi connectivity index (χ1) is 8.43. The Morgan fingerprint density at radius 2 is 1.72 bits per heavy atom. The van der Waals surface area contributed by atoms with Crippen LogP contribution in [-0.4, -0.2) is 25.8 Å². The molecule has 0 radical (unpaired) electrons. The van der Waals surface area contributed by atoms with Crippen LogP contribution in [0.25, 0.3) is 0 Å². The average molecular weight is 257 g/mol. The van der Waals surface area contributed by atoms with Gasteiger partial charge in [-0.15, -0.1) is 0 Å². The number of hydrogen-bond donors (Lipinski definition) is 1. The molecule has 0 aliphatic rings. The first-order valence-electron chi connectivity index (χ1n) is 6.14. The summed E-state index contributed by atoms with van der Waals surface area (Å²) in [7, 11) is 1.69. The van der Waals surface area contributed by atoms with Gasteiger partial charge in [-0.2, -0.15) is 0 Å². The van der Waals surface area contributed by atoms with Crippen LogP contribution in [0.15, 0.2) is 18.2 Å². The molecule has 4 heteroatoms. The summed E-state index contributed by atoms with van der Waals surface area (Å²) in [5, 5.41) is 3.24. The minimum atomic E-state index is -0.523. The minimum absolute atomic E-state index is 0.141. The second-order valence-corrected chi connectivity index (χ2v) is 4.99. The van der Waals surface area contributed by atoms with Gasteiger partial charge in [-0.1, -0.05) is 0 Å². The van der Waals surface area contributed by atoms with E-state index in [1.165, 1.54) is 12.1 Å². The summed E-state index contributed by atoms with van der Waals surface area (Å²) >= 11 is 0. The fraction of sp³-hybridized carbons (Fsp3) is 0.571. The summed E-state index contributed by atoms with van der Waals surface area (Å²) in [6, 6.07) is 3.62. The molecule has 0 saturated carbocycles. The van der Waals surface area contributed by atoms with Crippen molar-refractivity contribution in [2.45, 2.75) is 32.3 Å². The van der Waals surface area contributed by atoms with Crippen LogP contribution in [0.1, 0.15) is 25.8 Å². The highest BCUT2D eigenvalue weighted by Crippen LogP contribution is 2.11. The lowest BCUT2D eigenvalue weighted by molar-refractivity contribution is 0.0159. The fourth-order valence-corrected chi connectivity index (χ4v) is 1.60. The van der Waals surface area contributed by atoms with Crippen molar-refractivity contribution in [3.8, 4) is 0 Å². The molecule has 0 saturated heterocycles. The quantitative estimate of drug-likeness (QED) is 0.758. The molecule has 0 bridgehead atoms. The molecule has 1 rings (SSSR count). The highest BCUT2D eigenvalue weighted by Gasteiger charge is 2.14. The molecule has 0 atom stereocenters. The van der Waals surface area contributed by atoms with Crippen LogP contribution in [0, 0.1) is 11.6 Å². The van der Waals surface area contributed by atoms with Crippen molar-refractivity contribution in [3.63, 3.8) is 0 Å². The third-order valence-corrected chi connectivity index (χ3v) is 2.97. The van der Waals surface area contributed by atoms with Crippen molar-refractivity contribution >= 4 is 0 Å². The number of rotatable bonds is 7. The van der Waals surface area contributed by atoms with E-state index in [9.17, 15) is 8.78 Å². The molecule has 1 N–H and O–H groups in total. The smallest absolute Gasteiger partial charge is 0.126 e. The maximum absolute atomic E-state index is 12.9. The van der Waals surface area contributed by atoms with Crippen LogP contribution in [0.5, 0.6) is 0 Å². The molecule has 102 valence electrons. The van der Waals surface area contributed by atoms with Crippen LogP contribution < -0.4 is 5.32 Å². The lowest BCUT2D eigenvalue weighted by Gasteiger charge is -2.22. The Morgan fingerprint density at radius 3 is 2.28 bits per heavy atom. The number of halogens is 2. The van der Waals surface area contributed by atoms with E-state index < -0.39 is 11.6 Å². The highest BCUT2D eigenvalue weighted by atomic mass is 19.1. The van der Waals surface area contributed by atoms with Crippen LogP contribution in [0.3, 0.4) is 0 Å². The lowest BCUT2D eigenvalue weighted by atomic mass is 10.1. The van der Waals surface area contributed by atoms with Crippen LogP contribution in [-0.2, 0) is 11.2 Å². The van der Waals surface area contributed by atoms with Gasteiger partial charge in [0.25, 0.3) is 0 Å². The van der Waals surface area contributed by atoms with E-state index in [1.807, 2.05) is 13.8 Å². The second-order valence-electron chi connectivity index (χ2n) is 4.99. The van der Waals surface area contributed by atoms with Crippen molar-refractivity contribution < 1.29 is 13.5 Å². The van der Waals surface area contributed by atoms with E-state index in [0.29, 0.717) is 18.5 Å². The maximum atomic E-state index is 12.9. The standard InChI is InChI=1S/C14H21F2NO/c1-14(2,18-3)5-7-17-6-4-11-8-12(15)10-13(16)9-11/h8-10,17H,4-7H2,1-3H3. The first kappa shape index (κ1) is 15.1. The van der Waals surface area contributed by atoms with Crippen molar-refractivity contribution in [3.05, 3.63) is 35.4 Å². The van der Waals surface area contributed by atoms with Crippen LogP contribution in [0.2, 0.25) is 0 Å². The normalized spacial score (nSPS) is 11.8. The summed E-state index contributed by atoms with van der Waals surface area (Å²) in [5.41, 5.74) is 0.531. The highest BCUT2D eigenvalue weighted by molar-refractivity contribution is 5.18. The van der Waals surface area contributed by atoms with Crippen molar-refractivity contribution in [1.82, 2.24) is 5.32 Å². The van der Waals surface area contributed by atoms with E-state index in [-0.39, 0.29) is 5.60 Å². The summed E-state index contributed by atoms with van der Waals surface area (Å²) in [6.45, 7) is 5.56. The molecular weight excluding hydrogens is 236 g/mol. The van der Waals surface area contributed by atoms with Gasteiger partial charge in [0.05, 0.1) is 5.60 Å². The van der Waals surface area contributed by atoms with Gasteiger partial charge in [-0.25, -0.2) is 8.78 Å². The largest absolute Gasteiger partial charge is 0.379 e. The SMILES string of the molecule is COC(C)(C)CCNCCc1cc(F)cc(F)c1. The number of hydrogen-bond acceptors (Lipinski definition) is 2. The van der Waals surface area contributed by atoms with Gasteiger partial charge in [0.2, 0.25) is 0 Å². The van der Waals surface area contributed by atoms with E-state index in [4.69, 9.17) is 4.74 Å². The third kappa shape index (κ3) is 5.56. The number of methoxy groups -OCH3 is 1. The molecule has 0 aliphatic carbocycles. The summed E-state index contributed by atoms with van der Waals surface area (Å²) in [6.07, 6.45) is 1.50. The molecule has 1 aromatic rings. The Morgan fingerprint density at radius 1 is 1.11 bits per heavy atom. The maximum Gasteiger partial charge on any atom is 0.126 e. The average Bonchev–Trinajstić information content (AvgIpc) is 2.27. The van der Waals surface area contributed by atoms with Crippen LogP contribution >= 0.6 is 0 Å². The van der Waals surface area contributed by atoms with Gasteiger partial charge in [0.1, 0.15) is 11.6 Å². The molecule has 0 heterocycles. The lowest BCUT2D eigenvalue weighted by Crippen LogP contribution is -2.29. The summed E-state index contributed by atoms with van der Waals surface area (Å²) in [4.78, 5) is 0. The zero-order valence-electron chi connectivity index (χ0n) is 11.2.